The third kappa shape index (κ3) is 3.93. The van der Waals surface area contributed by atoms with Crippen LogP contribution < -0.4 is 10.6 Å². The quantitative estimate of drug-likeness (QED) is 0.687. The highest BCUT2D eigenvalue weighted by Crippen LogP contribution is 2.35. The predicted octanol–water partition coefficient (Wildman–Crippen LogP) is 3.77. The third-order valence-electron chi connectivity index (χ3n) is 3.81. The van der Waals surface area contributed by atoms with Gasteiger partial charge in [0.2, 0.25) is 0 Å². The largest absolute Gasteiger partial charge is 0.379 e. The summed E-state index contributed by atoms with van der Waals surface area (Å²) in [6.45, 7) is 2.12. The Labute approximate surface area is 140 Å². The van der Waals surface area contributed by atoms with E-state index in [2.05, 4.69) is 29.2 Å². The fraction of sp³-hybridized carbons (Fsp3) is 0.222. The minimum Gasteiger partial charge on any atom is -0.379 e. The molecule has 118 valence electrons. The number of amidine groups is 1. The van der Waals surface area contributed by atoms with Gasteiger partial charge in [0, 0.05) is 5.75 Å². The first kappa shape index (κ1) is 15.6. The Morgan fingerprint density at radius 1 is 1.22 bits per heavy atom. The van der Waals surface area contributed by atoms with Gasteiger partial charge in [0.25, 0.3) is 0 Å². The molecule has 0 fully saturated rings. The highest BCUT2D eigenvalue weighted by atomic mass is 32.2. The lowest BCUT2D eigenvalue weighted by molar-refractivity contribution is 0.344. The zero-order chi connectivity index (χ0) is 16.1. The van der Waals surface area contributed by atoms with Gasteiger partial charge in [0.15, 0.2) is 10.9 Å². The molecule has 0 saturated heterocycles. The fourth-order valence-electron chi connectivity index (χ4n) is 2.48. The van der Waals surface area contributed by atoms with Crippen molar-refractivity contribution in [2.24, 2.45) is 15.9 Å². The van der Waals surface area contributed by atoms with E-state index < -0.39 is 0 Å². The summed E-state index contributed by atoms with van der Waals surface area (Å²) in [6.07, 6.45) is 2.68. The van der Waals surface area contributed by atoms with E-state index in [1.807, 2.05) is 42.5 Å². The number of rotatable bonds is 4. The minimum absolute atomic E-state index is 0.264. The van der Waals surface area contributed by atoms with Crippen LogP contribution in [-0.4, -0.2) is 17.1 Å². The average Bonchev–Trinajstić information content (AvgIpc) is 2.56. The molecule has 2 aromatic rings. The maximum Gasteiger partial charge on any atom is 0.157 e. The number of oxime groups is 1. The van der Waals surface area contributed by atoms with Gasteiger partial charge in [-0.2, -0.15) is 0 Å². The van der Waals surface area contributed by atoms with Crippen LogP contribution in [0.1, 0.15) is 24.5 Å². The van der Waals surface area contributed by atoms with Gasteiger partial charge in [-0.15, -0.1) is 0 Å². The molecular weight excluding hydrogens is 306 g/mol. The van der Waals surface area contributed by atoms with Crippen molar-refractivity contribution in [1.29, 1.82) is 0 Å². The molecule has 0 amide bonds. The standard InChI is InChI=1S/C18H19N3OS/c1-18(10-11-23-17(19)21-18)15-7-5-6-14(12-15)13-20-22-16-8-3-2-4-9-16/h2-9,12-13H,10-11H2,1H3,(H2,19,21)/b20-13+. The van der Waals surface area contributed by atoms with Crippen molar-refractivity contribution in [2.75, 3.05) is 5.75 Å². The molecule has 1 aliphatic heterocycles. The third-order valence-corrected chi connectivity index (χ3v) is 4.60. The Hall–Kier alpha value is -2.27. The first-order chi connectivity index (χ1) is 11.2. The molecule has 1 aliphatic rings. The highest BCUT2D eigenvalue weighted by molar-refractivity contribution is 8.13. The number of thioether (sulfide) groups is 1. The van der Waals surface area contributed by atoms with E-state index in [-0.39, 0.29) is 5.54 Å². The van der Waals surface area contributed by atoms with Crippen LogP contribution in [0.4, 0.5) is 0 Å². The Balaban J connectivity index is 1.76. The van der Waals surface area contributed by atoms with Crippen molar-refractivity contribution in [3.05, 3.63) is 65.7 Å². The lowest BCUT2D eigenvalue weighted by Gasteiger charge is -2.29. The summed E-state index contributed by atoms with van der Waals surface area (Å²) in [4.78, 5) is 9.99. The monoisotopic (exact) mass is 325 g/mol. The van der Waals surface area contributed by atoms with Gasteiger partial charge < -0.3 is 10.6 Å². The summed E-state index contributed by atoms with van der Waals surface area (Å²) in [6, 6.07) is 17.7. The number of benzene rings is 2. The molecule has 0 aromatic heterocycles. The van der Waals surface area contributed by atoms with Gasteiger partial charge in [-0.05, 0) is 42.7 Å². The Morgan fingerprint density at radius 2 is 2.04 bits per heavy atom. The van der Waals surface area contributed by atoms with Crippen LogP contribution in [0.2, 0.25) is 0 Å². The Kier molecular flexibility index (Phi) is 4.67. The minimum atomic E-state index is -0.264. The fourth-order valence-corrected chi connectivity index (χ4v) is 3.45. The van der Waals surface area contributed by atoms with Gasteiger partial charge in [-0.1, -0.05) is 53.3 Å². The molecule has 5 heteroatoms. The van der Waals surface area contributed by atoms with Crippen molar-refractivity contribution in [1.82, 2.24) is 0 Å². The van der Waals surface area contributed by atoms with E-state index in [0.29, 0.717) is 10.9 Å². The van der Waals surface area contributed by atoms with Crippen LogP contribution in [0.15, 0.2) is 64.7 Å². The molecule has 23 heavy (non-hydrogen) atoms. The maximum atomic E-state index is 5.90. The number of nitrogens with two attached hydrogens (primary N) is 1. The van der Waals surface area contributed by atoms with Gasteiger partial charge in [-0.3, -0.25) is 4.99 Å². The topological polar surface area (TPSA) is 60.0 Å². The second-order valence-corrected chi connectivity index (χ2v) is 6.70. The second kappa shape index (κ2) is 6.87. The van der Waals surface area contributed by atoms with Crippen molar-refractivity contribution < 1.29 is 4.84 Å². The van der Waals surface area contributed by atoms with Crippen molar-refractivity contribution in [3.63, 3.8) is 0 Å². The van der Waals surface area contributed by atoms with Crippen LogP contribution >= 0.6 is 11.8 Å². The number of aliphatic imine (C=N–C) groups is 1. The maximum absolute atomic E-state index is 5.90. The molecule has 1 atom stereocenters. The summed E-state index contributed by atoms with van der Waals surface area (Å²) in [5.74, 6) is 1.70. The molecule has 1 unspecified atom stereocenters. The van der Waals surface area contributed by atoms with E-state index in [4.69, 9.17) is 10.6 Å². The van der Waals surface area contributed by atoms with E-state index in [1.165, 1.54) is 0 Å². The molecule has 3 rings (SSSR count). The molecule has 0 bridgehead atoms. The smallest absolute Gasteiger partial charge is 0.157 e. The van der Waals surface area contributed by atoms with Gasteiger partial charge in [0.1, 0.15) is 0 Å². The summed E-state index contributed by atoms with van der Waals surface area (Å²) in [5.41, 5.74) is 7.75. The first-order valence-electron chi connectivity index (χ1n) is 7.50. The molecule has 1 heterocycles. The average molecular weight is 325 g/mol. The summed E-state index contributed by atoms with van der Waals surface area (Å²) in [5, 5.41) is 4.70. The van der Waals surface area contributed by atoms with Crippen LogP contribution in [0.3, 0.4) is 0 Å². The van der Waals surface area contributed by atoms with Crippen LogP contribution in [0.5, 0.6) is 5.75 Å². The molecule has 2 aromatic carbocycles. The van der Waals surface area contributed by atoms with Crippen LogP contribution in [-0.2, 0) is 5.54 Å². The molecule has 0 saturated carbocycles. The normalized spacial score (nSPS) is 21.2. The zero-order valence-corrected chi connectivity index (χ0v) is 13.8. The number of para-hydroxylation sites is 1. The highest BCUT2D eigenvalue weighted by Gasteiger charge is 2.29. The molecule has 2 N–H and O–H groups in total. The predicted molar refractivity (Wildman–Crippen MR) is 97.2 cm³/mol. The van der Waals surface area contributed by atoms with Gasteiger partial charge >= 0.3 is 0 Å². The second-order valence-electron chi connectivity index (χ2n) is 5.59. The van der Waals surface area contributed by atoms with Gasteiger partial charge in [0.05, 0.1) is 11.8 Å². The molecule has 0 radical (unpaired) electrons. The lowest BCUT2D eigenvalue weighted by atomic mass is 9.89. The van der Waals surface area contributed by atoms with Crippen LogP contribution in [0.25, 0.3) is 0 Å². The SMILES string of the molecule is CC1(c2cccc(/C=N/Oc3ccccc3)c2)CCSC(N)=N1. The molecule has 0 aliphatic carbocycles. The number of hydrogen-bond donors (Lipinski definition) is 1. The molecular formula is C18H19N3OS. The van der Waals surface area contributed by atoms with E-state index in [1.54, 1.807) is 18.0 Å². The summed E-state index contributed by atoms with van der Waals surface area (Å²) >= 11 is 1.61. The van der Waals surface area contributed by atoms with E-state index >= 15 is 0 Å². The van der Waals surface area contributed by atoms with Crippen LogP contribution in [0, 0.1) is 0 Å². The summed E-state index contributed by atoms with van der Waals surface area (Å²) < 4.78 is 0. The van der Waals surface area contributed by atoms with E-state index in [9.17, 15) is 0 Å². The first-order valence-corrected chi connectivity index (χ1v) is 8.48. The van der Waals surface area contributed by atoms with Gasteiger partial charge in [-0.25, -0.2) is 0 Å². The Morgan fingerprint density at radius 3 is 2.83 bits per heavy atom. The zero-order valence-electron chi connectivity index (χ0n) is 13.0. The Bertz CT molecular complexity index is 730. The lowest BCUT2D eigenvalue weighted by Crippen LogP contribution is -2.28. The number of nitrogens with zero attached hydrogens (tertiary/aromatic N) is 2. The van der Waals surface area contributed by atoms with Crippen molar-refractivity contribution in [2.45, 2.75) is 18.9 Å². The molecule has 0 spiro atoms. The van der Waals surface area contributed by atoms with Crippen molar-refractivity contribution >= 4 is 23.1 Å². The van der Waals surface area contributed by atoms with Crippen molar-refractivity contribution in [3.8, 4) is 5.75 Å². The summed E-state index contributed by atoms with van der Waals surface area (Å²) in [7, 11) is 0. The number of hydrogen-bond acceptors (Lipinski definition) is 5. The molecule has 4 nitrogen and oxygen atoms in total. The van der Waals surface area contributed by atoms with E-state index in [0.717, 1.165) is 23.3 Å².